The third-order valence-corrected chi connectivity index (χ3v) is 4.44. The van der Waals surface area contributed by atoms with Crippen molar-refractivity contribution in [1.82, 2.24) is 44.9 Å². The van der Waals surface area contributed by atoms with Crippen molar-refractivity contribution in [2.24, 2.45) is 0 Å². The fourth-order valence-electron chi connectivity index (χ4n) is 3.05. The number of carbonyl (C=O) groups is 4. The molecule has 30 heteroatoms. The van der Waals surface area contributed by atoms with Gasteiger partial charge in [0.15, 0.2) is 0 Å². The Hall–Kier alpha value is -5.79. The van der Waals surface area contributed by atoms with Crippen LogP contribution < -0.4 is 20.4 Å². The van der Waals surface area contributed by atoms with Crippen molar-refractivity contribution in [3.63, 3.8) is 0 Å². The zero-order valence-electron chi connectivity index (χ0n) is 31.3. The van der Waals surface area contributed by atoms with Gasteiger partial charge in [-0.25, -0.2) is 9.36 Å². The Balaban J connectivity index is -0.0000000582. The van der Waals surface area contributed by atoms with Crippen LogP contribution in [-0.2, 0) is 66.4 Å². The fraction of sp³-hybridized carbons (Fsp3) is 0.207. The topological polar surface area (TPSA) is 607 Å². The normalized spacial score (nSPS) is 7.25. The van der Waals surface area contributed by atoms with E-state index in [2.05, 4.69) is 30.6 Å². The van der Waals surface area contributed by atoms with Crippen molar-refractivity contribution in [2.45, 2.75) is 40.8 Å². The van der Waals surface area contributed by atoms with E-state index in [4.69, 9.17) is 44.6 Å². The Kier molecular flexibility index (Phi) is 76.4. The summed E-state index contributed by atoms with van der Waals surface area (Å²) in [5, 5.41) is 52.3. The summed E-state index contributed by atoms with van der Waals surface area (Å²) in [7, 11) is 0. The smallest absolute Gasteiger partial charge is 0.550 e. The number of aromatic nitrogens is 9. The van der Waals surface area contributed by atoms with E-state index in [0.29, 0.717) is 13.1 Å². The second kappa shape index (κ2) is 50.2. The van der Waals surface area contributed by atoms with E-state index in [1.165, 1.54) is 0 Å². The average molecular weight is 957 g/mol. The standard InChI is InChI=1S/C21H17N9.4C2H4O2.2Cu.11H2O/c1-3-10-22-18(8-1)20-14-29(27-25-20)12-16-6-5-7-17(24-16)13-30-15-21(26-28-30)19-9-2-4-11-23-19;4*1-2(3)4;;;;;;;;;;;;;/h1-11,14-15H,12-13H2;4*1H3,(H,3,4);;;11*1H2/q;;;;;2*+2;;;;;;;;;;;/p-4. The quantitative estimate of drug-likeness (QED) is 0.143. The van der Waals surface area contributed by atoms with Crippen molar-refractivity contribution >= 4 is 23.9 Å². The number of hydrogen-bond acceptors (Lipinski definition) is 15. The Labute approximate surface area is 356 Å². The number of carboxylic acid groups (broad SMARTS) is 4. The first-order chi connectivity index (χ1) is 21.8. The molecule has 22 N–H and O–H groups in total. The molecule has 28 nitrogen and oxygen atoms in total. The minimum atomic E-state index is -1.08. The average Bonchev–Trinajstić information content (AvgIpc) is 3.63. The van der Waals surface area contributed by atoms with Crippen molar-refractivity contribution in [1.29, 1.82) is 0 Å². The Morgan fingerprint density at radius 2 is 0.729 bits per heavy atom. The minimum Gasteiger partial charge on any atom is -0.550 e. The molecule has 0 aliphatic heterocycles. The first-order valence-electron chi connectivity index (χ1n) is 13.0. The number of hydrogen-bond donors (Lipinski definition) is 0. The summed E-state index contributed by atoms with van der Waals surface area (Å²) in [6.07, 6.45) is 7.21. The summed E-state index contributed by atoms with van der Waals surface area (Å²) in [6.45, 7) is 4.93. The van der Waals surface area contributed by atoms with E-state index < -0.39 is 23.9 Å². The molecule has 0 saturated heterocycles. The molecule has 5 heterocycles. The van der Waals surface area contributed by atoms with Gasteiger partial charge in [0.2, 0.25) is 0 Å². The van der Waals surface area contributed by atoms with E-state index in [1.54, 1.807) is 21.8 Å². The predicted octanol–water partition coefficient (Wildman–Crippen LogP) is -11.6. The van der Waals surface area contributed by atoms with Crippen molar-refractivity contribution in [2.75, 3.05) is 0 Å². The van der Waals surface area contributed by atoms with Gasteiger partial charge in [0.25, 0.3) is 0 Å². The van der Waals surface area contributed by atoms with Crippen LogP contribution in [0.2, 0.25) is 0 Å². The molecule has 0 atom stereocenters. The summed E-state index contributed by atoms with van der Waals surface area (Å²) in [6, 6.07) is 17.3. The molecule has 0 spiro atoms. The summed E-state index contributed by atoms with van der Waals surface area (Å²) in [5.41, 5.74) is 4.82. The Morgan fingerprint density at radius 1 is 0.458 bits per heavy atom. The van der Waals surface area contributed by atoms with E-state index in [0.717, 1.165) is 61.9 Å². The minimum absolute atomic E-state index is 0. The van der Waals surface area contributed by atoms with Crippen LogP contribution in [0.25, 0.3) is 22.8 Å². The molecule has 5 aromatic heterocycles. The predicted molar refractivity (Wildman–Crippen MR) is 191 cm³/mol. The molecule has 0 aliphatic carbocycles. The molecule has 0 unspecified atom stereocenters. The van der Waals surface area contributed by atoms with Gasteiger partial charge in [-0.3, -0.25) is 15.0 Å². The van der Waals surface area contributed by atoms with E-state index in [1.807, 2.05) is 67.0 Å². The van der Waals surface area contributed by atoms with Crippen LogP contribution in [0.1, 0.15) is 39.1 Å². The summed E-state index contributed by atoms with van der Waals surface area (Å²) >= 11 is 0. The van der Waals surface area contributed by atoms with Crippen LogP contribution in [0.3, 0.4) is 0 Å². The molecular formula is C29H51Cu2N9O19. The van der Waals surface area contributed by atoms with Gasteiger partial charge in [0.1, 0.15) is 11.4 Å². The van der Waals surface area contributed by atoms with Crippen LogP contribution >= 0.6 is 0 Å². The van der Waals surface area contributed by atoms with Crippen molar-refractivity contribution in [3.8, 4) is 22.8 Å². The first kappa shape index (κ1) is 89.7. The molecule has 5 aromatic rings. The SMILES string of the molecule is CC(=O)[O-].CC(=O)[O-].CC(=O)[O-].CC(=O)[O-].O.O.O.O.O.O.O.O.O.O.O.[Cu+2].[Cu+2].c1ccc(-c2cn(Cc3cccc(Cn4cc(-c5ccccn5)nn4)n3)nn2)nc1. The van der Waals surface area contributed by atoms with Gasteiger partial charge in [0.05, 0.1) is 48.3 Å². The van der Waals surface area contributed by atoms with Gasteiger partial charge in [-0.1, -0.05) is 28.6 Å². The monoisotopic (exact) mass is 955 g/mol. The molecule has 0 aliphatic rings. The fourth-order valence-corrected chi connectivity index (χ4v) is 3.05. The van der Waals surface area contributed by atoms with Crippen molar-refractivity contribution in [3.05, 3.63) is 90.8 Å². The summed E-state index contributed by atoms with van der Waals surface area (Å²) in [4.78, 5) is 48.9. The second-order valence-corrected chi connectivity index (χ2v) is 8.62. The van der Waals surface area contributed by atoms with E-state index >= 15 is 0 Å². The number of aliphatic carboxylic acids is 4. The van der Waals surface area contributed by atoms with E-state index in [-0.39, 0.29) is 94.4 Å². The van der Waals surface area contributed by atoms with Crippen LogP contribution in [0.4, 0.5) is 0 Å². The molecule has 2 radical (unpaired) electrons. The van der Waals surface area contributed by atoms with Gasteiger partial charge in [-0.05, 0) is 64.1 Å². The molecule has 348 valence electrons. The number of carboxylic acids is 4. The van der Waals surface area contributed by atoms with Gasteiger partial charge < -0.3 is 99.8 Å². The van der Waals surface area contributed by atoms with Gasteiger partial charge in [0, 0.05) is 36.3 Å². The zero-order valence-corrected chi connectivity index (χ0v) is 33.2. The largest absolute Gasteiger partial charge is 2.00 e. The summed E-state index contributed by atoms with van der Waals surface area (Å²) < 4.78 is 3.51. The second-order valence-electron chi connectivity index (χ2n) is 8.62. The maximum Gasteiger partial charge on any atom is 2.00 e. The van der Waals surface area contributed by atoms with Crippen LogP contribution in [-0.4, -0.2) is 129 Å². The molecule has 0 fully saturated rings. The molecule has 0 aromatic carbocycles. The third-order valence-electron chi connectivity index (χ3n) is 4.44. The molecular weight excluding hydrogens is 905 g/mol. The maximum atomic E-state index is 8.89. The molecule has 0 bridgehead atoms. The molecule has 59 heavy (non-hydrogen) atoms. The van der Waals surface area contributed by atoms with Gasteiger partial charge >= 0.3 is 34.1 Å². The molecule has 0 saturated carbocycles. The van der Waals surface area contributed by atoms with Gasteiger partial charge in [-0.15, -0.1) is 10.2 Å². The Morgan fingerprint density at radius 3 is 0.966 bits per heavy atom. The number of pyridine rings is 3. The number of nitrogens with zero attached hydrogens (tertiary/aromatic N) is 9. The van der Waals surface area contributed by atoms with Crippen LogP contribution in [0, 0.1) is 0 Å². The Bertz CT molecular complexity index is 1530. The number of carbonyl (C=O) groups excluding carboxylic acids is 4. The number of rotatable bonds is 6. The van der Waals surface area contributed by atoms with Crippen molar-refractivity contribution < 1.29 is 134 Å². The maximum absolute atomic E-state index is 8.89. The van der Waals surface area contributed by atoms with Crippen LogP contribution in [0.15, 0.2) is 79.4 Å². The zero-order chi connectivity index (χ0) is 34.5. The van der Waals surface area contributed by atoms with E-state index in [9.17, 15) is 0 Å². The third kappa shape index (κ3) is 44.8. The first-order valence-corrected chi connectivity index (χ1v) is 13.0. The molecule has 0 amide bonds. The summed E-state index contributed by atoms with van der Waals surface area (Å²) in [5.74, 6) is -4.33. The van der Waals surface area contributed by atoms with Gasteiger partial charge in [-0.2, -0.15) is 0 Å². The van der Waals surface area contributed by atoms with Crippen LogP contribution in [0.5, 0.6) is 0 Å². The molecule has 5 rings (SSSR count).